The summed E-state index contributed by atoms with van der Waals surface area (Å²) in [7, 11) is 0. The van der Waals surface area contributed by atoms with Crippen molar-refractivity contribution < 1.29 is 9.90 Å². The maximum Gasteiger partial charge on any atom is 0.337 e. The van der Waals surface area contributed by atoms with Crippen molar-refractivity contribution >= 4 is 34.9 Å². The second-order valence-corrected chi connectivity index (χ2v) is 4.66. The average Bonchev–Trinajstić information content (AvgIpc) is 2.38. The lowest BCUT2D eigenvalue weighted by Gasteiger charge is -2.08. The molecule has 0 spiro atoms. The second kappa shape index (κ2) is 5.91. The summed E-state index contributed by atoms with van der Waals surface area (Å²) in [5, 5.41) is 13.0. The van der Waals surface area contributed by atoms with Crippen LogP contribution >= 0.6 is 23.2 Å². The molecule has 0 bridgehead atoms. The number of hydrogen-bond donors (Lipinski definition) is 2. The van der Waals surface area contributed by atoms with Crippen LogP contribution in [0.2, 0.25) is 10.0 Å². The van der Waals surface area contributed by atoms with Gasteiger partial charge in [-0.15, -0.1) is 0 Å². The fraction of sp³-hybridized carbons (Fsp3) is 0.0769. The zero-order chi connectivity index (χ0) is 13.8. The molecule has 0 fully saturated rings. The van der Waals surface area contributed by atoms with E-state index in [-0.39, 0.29) is 5.56 Å². The number of halogens is 2. The number of nitrogens with one attached hydrogen (secondary N) is 1. The van der Waals surface area contributed by atoms with Crippen molar-refractivity contribution in [3.8, 4) is 0 Å². The van der Waals surface area contributed by atoms with Crippen molar-refractivity contribution in [1.82, 2.24) is 4.98 Å². The lowest BCUT2D eigenvalue weighted by atomic mass is 10.2. The van der Waals surface area contributed by atoms with Crippen molar-refractivity contribution in [1.29, 1.82) is 0 Å². The lowest BCUT2D eigenvalue weighted by molar-refractivity contribution is 0.0696. The Kier molecular flexibility index (Phi) is 4.24. The van der Waals surface area contributed by atoms with Gasteiger partial charge in [-0.3, -0.25) is 4.98 Å². The van der Waals surface area contributed by atoms with Gasteiger partial charge < -0.3 is 10.4 Å². The van der Waals surface area contributed by atoms with Gasteiger partial charge in [0.25, 0.3) is 0 Å². The summed E-state index contributed by atoms with van der Waals surface area (Å²) in [6.07, 6.45) is 1.32. The predicted octanol–water partition coefficient (Wildman–Crippen LogP) is 3.70. The normalized spacial score (nSPS) is 10.2. The molecule has 2 N–H and O–H groups in total. The van der Waals surface area contributed by atoms with E-state index in [9.17, 15) is 4.79 Å². The van der Waals surface area contributed by atoms with E-state index in [1.54, 1.807) is 24.3 Å². The highest BCUT2D eigenvalue weighted by molar-refractivity contribution is 6.36. The standard InChI is InChI=1S/C13H10Cl2N2O2/c14-9-2-4-12(11(15)5-9)17-7-10-3-1-8(6-16-10)13(18)19/h1-6,17H,7H2,(H,18,19). The molecule has 0 aliphatic heterocycles. The van der Waals surface area contributed by atoms with Gasteiger partial charge in [-0.1, -0.05) is 23.2 Å². The van der Waals surface area contributed by atoms with Crippen molar-refractivity contribution in [2.45, 2.75) is 6.54 Å². The first-order valence-electron chi connectivity index (χ1n) is 5.43. The summed E-state index contributed by atoms with van der Waals surface area (Å²) < 4.78 is 0. The molecule has 98 valence electrons. The highest BCUT2D eigenvalue weighted by Crippen LogP contribution is 2.25. The van der Waals surface area contributed by atoms with Gasteiger partial charge in [0.15, 0.2) is 0 Å². The lowest BCUT2D eigenvalue weighted by Crippen LogP contribution is -2.04. The van der Waals surface area contributed by atoms with E-state index >= 15 is 0 Å². The SMILES string of the molecule is O=C(O)c1ccc(CNc2ccc(Cl)cc2Cl)nc1. The number of carboxylic acids is 1. The topological polar surface area (TPSA) is 62.2 Å². The van der Waals surface area contributed by atoms with Gasteiger partial charge in [0, 0.05) is 11.2 Å². The van der Waals surface area contributed by atoms with E-state index < -0.39 is 5.97 Å². The molecule has 0 aliphatic rings. The van der Waals surface area contributed by atoms with Crippen LogP contribution in [0.1, 0.15) is 16.1 Å². The summed E-state index contributed by atoms with van der Waals surface area (Å²) >= 11 is 11.8. The van der Waals surface area contributed by atoms with Crippen LogP contribution in [-0.2, 0) is 6.54 Å². The Hall–Kier alpha value is -1.78. The first-order chi connectivity index (χ1) is 9.06. The fourth-order valence-electron chi connectivity index (χ4n) is 1.47. The third-order valence-corrected chi connectivity index (χ3v) is 3.01. The minimum absolute atomic E-state index is 0.160. The van der Waals surface area contributed by atoms with E-state index in [0.717, 1.165) is 11.4 Å². The van der Waals surface area contributed by atoms with E-state index in [4.69, 9.17) is 28.3 Å². The number of nitrogens with zero attached hydrogens (tertiary/aromatic N) is 1. The van der Waals surface area contributed by atoms with Gasteiger partial charge in [0.1, 0.15) is 0 Å². The third-order valence-electron chi connectivity index (χ3n) is 2.46. The molecule has 6 heteroatoms. The Morgan fingerprint density at radius 2 is 2.05 bits per heavy atom. The number of carboxylic acid groups (broad SMARTS) is 1. The van der Waals surface area contributed by atoms with Crippen LogP contribution in [0.25, 0.3) is 0 Å². The number of aromatic carboxylic acids is 1. The van der Waals surface area contributed by atoms with Crippen LogP contribution in [0, 0.1) is 0 Å². The van der Waals surface area contributed by atoms with Crippen molar-refractivity contribution in [2.75, 3.05) is 5.32 Å². The van der Waals surface area contributed by atoms with Gasteiger partial charge in [-0.05, 0) is 30.3 Å². The molecule has 1 aromatic heterocycles. The highest BCUT2D eigenvalue weighted by Gasteiger charge is 2.04. The molecular weight excluding hydrogens is 287 g/mol. The zero-order valence-corrected chi connectivity index (χ0v) is 11.2. The Morgan fingerprint density at radius 3 is 2.63 bits per heavy atom. The zero-order valence-electron chi connectivity index (χ0n) is 9.73. The molecule has 0 saturated carbocycles. The van der Waals surface area contributed by atoms with Crippen molar-refractivity contribution in [3.05, 3.63) is 57.8 Å². The number of aromatic nitrogens is 1. The summed E-state index contributed by atoms with van der Waals surface area (Å²) in [6, 6.07) is 8.31. The van der Waals surface area contributed by atoms with Gasteiger partial charge in [0.2, 0.25) is 0 Å². The second-order valence-electron chi connectivity index (χ2n) is 3.82. The quantitative estimate of drug-likeness (QED) is 0.903. The van der Waals surface area contributed by atoms with Crippen LogP contribution in [0.5, 0.6) is 0 Å². The number of rotatable bonds is 4. The number of anilines is 1. The molecule has 4 nitrogen and oxygen atoms in total. The largest absolute Gasteiger partial charge is 0.478 e. The fourth-order valence-corrected chi connectivity index (χ4v) is 1.95. The summed E-state index contributed by atoms with van der Waals surface area (Å²) in [5.41, 5.74) is 1.62. The number of carbonyl (C=O) groups is 1. The van der Waals surface area contributed by atoms with Gasteiger partial charge in [-0.2, -0.15) is 0 Å². The Labute approximate surface area is 120 Å². The number of benzene rings is 1. The summed E-state index contributed by atoms with van der Waals surface area (Å²) in [5.74, 6) is -0.993. The molecule has 19 heavy (non-hydrogen) atoms. The van der Waals surface area contributed by atoms with E-state index in [0.29, 0.717) is 16.6 Å². The third kappa shape index (κ3) is 3.59. The van der Waals surface area contributed by atoms with E-state index in [2.05, 4.69) is 10.3 Å². The monoisotopic (exact) mass is 296 g/mol. The van der Waals surface area contributed by atoms with Crippen LogP contribution in [0.3, 0.4) is 0 Å². The Balaban J connectivity index is 2.04. The maximum absolute atomic E-state index is 10.7. The molecule has 0 saturated heterocycles. The highest BCUT2D eigenvalue weighted by atomic mass is 35.5. The Morgan fingerprint density at radius 1 is 1.26 bits per heavy atom. The van der Waals surface area contributed by atoms with Crippen LogP contribution in [0.15, 0.2) is 36.5 Å². The average molecular weight is 297 g/mol. The van der Waals surface area contributed by atoms with Gasteiger partial charge >= 0.3 is 5.97 Å². The summed E-state index contributed by atoms with van der Waals surface area (Å²) in [4.78, 5) is 14.7. The molecule has 0 radical (unpaired) electrons. The Bertz CT molecular complexity index is 600. The first-order valence-corrected chi connectivity index (χ1v) is 6.19. The van der Waals surface area contributed by atoms with Crippen LogP contribution < -0.4 is 5.32 Å². The van der Waals surface area contributed by atoms with Crippen molar-refractivity contribution in [2.24, 2.45) is 0 Å². The predicted molar refractivity (Wildman–Crippen MR) is 75.0 cm³/mol. The van der Waals surface area contributed by atoms with Gasteiger partial charge in [-0.25, -0.2) is 4.79 Å². The smallest absolute Gasteiger partial charge is 0.337 e. The molecule has 1 heterocycles. The minimum Gasteiger partial charge on any atom is -0.478 e. The first kappa shape index (κ1) is 13.6. The molecule has 0 amide bonds. The number of hydrogen-bond acceptors (Lipinski definition) is 3. The molecule has 2 aromatic rings. The molecular formula is C13H10Cl2N2O2. The van der Waals surface area contributed by atoms with E-state index in [1.807, 2.05) is 0 Å². The molecule has 1 aromatic carbocycles. The van der Waals surface area contributed by atoms with Crippen LogP contribution in [0.4, 0.5) is 5.69 Å². The van der Waals surface area contributed by atoms with Crippen LogP contribution in [-0.4, -0.2) is 16.1 Å². The maximum atomic E-state index is 10.7. The van der Waals surface area contributed by atoms with Crippen molar-refractivity contribution in [3.63, 3.8) is 0 Å². The molecule has 0 aliphatic carbocycles. The van der Waals surface area contributed by atoms with Gasteiger partial charge in [0.05, 0.1) is 28.5 Å². The minimum atomic E-state index is -0.993. The molecule has 0 atom stereocenters. The molecule has 2 rings (SSSR count). The summed E-state index contributed by atoms with van der Waals surface area (Å²) in [6.45, 7) is 0.446. The molecule has 0 unspecified atom stereocenters. The van der Waals surface area contributed by atoms with E-state index in [1.165, 1.54) is 12.3 Å². The number of pyridine rings is 1.